The number of ether oxygens (including phenoxy) is 2. The maximum absolute atomic E-state index is 11.8. The van der Waals surface area contributed by atoms with E-state index in [-0.39, 0.29) is 18.9 Å². The Morgan fingerprint density at radius 3 is 2.55 bits per heavy atom. The van der Waals surface area contributed by atoms with Crippen LogP contribution in [0.1, 0.15) is 5.56 Å². The minimum atomic E-state index is -0.536. The van der Waals surface area contributed by atoms with Gasteiger partial charge in [0.25, 0.3) is 5.91 Å². The predicted octanol–water partition coefficient (Wildman–Crippen LogP) is -0.0147. The molecule has 1 rings (SSSR count). The molecular formula is C15H20N2O5. The first kappa shape index (κ1) is 17.5. The zero-order chi connectivity index (χ0) is 16.5. The Morgan fingerprint density at radius 2 is 1.91 bits per heavy atom. The third-order valence-corrected chi connectivity index (χ3v) is 2.97. The van der Waals surface area contributed by atoms with Gasteiger partial charge in [0.2, 0.25) is 5.91 Å². The first-order valence-corrected chi connectivity index (χ1v) is 6.70. The first-order valence-electron chi connectivity index (χ1n) is 6.70. The molecule has 0 fully saturated rings. The highest BCUT2D eigenvalue weighted by atomic mass is 16.5. The minimum absolute atomic E-state index is 0.0104. The zero-order valence-electron chi connectivity index (χ0n) is 12.9. The van der Waals surface area contributed by atoms with E-state index in [4.69, 9.17) is 9.47 Å². The molecule has 0 heterocycles. The number of carbonyl (C=O) groups is 3. The molecule has 0 aliphatic rings. The molecule has 0 aliphatic carbocycles. The average molecular weight is 308 g/mol. The SMILES string of the molecule is CNC(=O)CN(C)C(=O)COC(=O)Cc1ccccc1OC. The Kier molecular flexibility index (Phi) is 6.88. The van der Waals surface area contributed by atoms with Crippen LogP contribution in [0.5, 0.6) is 5.75 Å². The van der Waals surface area contributed by atoms with Crippen LogP contribution in [0, 0.1) is 0 Å². The van der Waals surface area contributed by atoms with E-state index in [1.807, 2.05) is 0 Å². The quantitative estimate of drug-likeness (QED) is 0.716. The highest BCUT2D eigenvalue weighted by molar-refractivity contribution is 5.86. The summed E-state index contributed by atoms with van der Waals surface area (Å²) in [4.78, 5) is 35.8. The highest BCUT2D eigenvalue weighted by Gasteiger charge is 2.15. The molecule has 0 saturated carbocycles. The van der Waals surface area contributed by atoms with E-state index in [1.165, 1.54) is 26.1 Å². The maximum atomic E-state index is 11.8. The number of likely N-dealkylation sites (N-methyl/N-ethyl adjacent to an activating group) is 2. The lowest BCUT2D eigenvalue weighted by Gasteiger charge is -2.16. The van der Waals surface area contributed by atoms with Crippen molar-refractivity contribution in [2.45, 2.75) is 6.42 Å². The summed E-state index contributed by atoms with van der Waals surface area (Å²) in [6.45, 7) is -0.485. The van der Waals surface area contributed by atoms with Gasteiger partial charge < -0.3 is 19.7 Å². The number of nitrogens with zero attached hydrogens (tertiary/aromatic N) is 1. The summed E-state index contributed by atoms with van der Waals surface area (Å²) in [6, 6.07) is 7.07. The molecule has 1 aromatic rings. The number of hydrogen-bond donors (Lipinski definition) is 1. The van der Waals surface area contributed by atoms with Crippen LogP contribution >= 0.6 is 0 Å². The van der Waals surface area contributed by atoms with Crippen LogP contribution in [-0.2, 0) is 25.5 Å². The number of esters is 1. The van der Waals surface area contributed by atoms with Crippen molar-refractivity contribution in [3.8, 4) is 5.75 Å². The van der Waals surface area contributed by atoms with Gasteiger partial charge in [-0.2, -0.15) is 0 Å². The van der Waals surface area contributed by atoms with Gasteiger partial charge in [0.1, 0.15) is 5.75 Å². The van der Waals surface area contributed by atoms with E-state index in [1.54, 1.807) is 24.3 Å². The van der Waals surface area contributed by atoms with Gasteiger partial charge in [-0.1, -0.05) is 18.2 Å². The van der Waals surface area contributed by atoms with Crippen LogP contribution < -0.4 is 10.1 Å². The van der Waals surface area contributed by atoms with Crippen LogP contribution in [0.25, 0.3) is 0 Å². The molecule has 1 aromatic carbocycles. The average Bonchev–Trinajstić information content (AvgIpc) is 2.52. The lowest BCUT2D eigenvalue weighted by molar-refractivity contribution is -0.151. The third kappa shape index (κ3) is 5.43. The molecule has 7 heteroatoms. The normalized spacial score (nSPS) is 9.77. The number of para-hydroxylation sites is 1. The van der Waals surface area contributed by atoms with E-state index in [2.05, 4.69) is 5.32 Å². The molecule has 2 amide bonds. The van der Waals surface area contributed by atoms with Gasteiger partial charge in [-0.05, 0) is 6.07 Å². The van der Waals surface area contributed by atoms with Crippen molar-refractivity contribution < 1.29 is 23.9 Å². The molecule has 7 nitrogen and oxygen atoms in total. The Labute approximate surface area is 129 Å². The van der Waals surface area contributed by atoms with E-state index in [0.29, 0.717) is 11.3 Å². The summed E-state index contributed by atoms with van der Waals surface area (Å²) in [5.74, 6) is -0.693. The van der Waals surface area contributed by atoms with Crippen LogP contribution in [0.15, 0.2) is 24.3 Å². The summed E-state index contributed by atoms with van der Waals surface area (Å²) in [5, 5.41) is 2.41. The second-order valence-corrected chi connectivity index (χ2v) is 4.57. The number of amides is 2. The highest BCUT2D eigenvalue weighted by Crippen LogP contribution is 2.17. The molecule has 1 N–H and O–H groups in total. The number of hydrogen-bond acceptors (Lipinski definition) is 5. The topological polar surface area (TPSA) is 84.9 Å². The molecular weight excluding hydrogens is 288 g/mol. The van der Waals surface area contributed by atoms with E-state index < -0.39 is 18.5 Å². The van der Waals surface area contributed by atoms with Gasteiger partial charge in [0, 0.05) is 19.7 Å². The molecule has 120 valence electrons. The van der Waals surface area contributed by atoms with E-state index in [9.17, 15) is 14.4 Å². The Hall–Kier alpha value is -2.57. The van der Waals surface area contributed by atoms with Gasteiger partial charge >= 0.3 is 5.97 Å². The monoisotopic (exact) mass is 308 g/mol. The first-order chi connectivity index (χ1) is 10.5. The molecule has 0 bridgehead atoms. The maximum Gasteiger partial charge on any atom is 0.310 e. The lowest BCUT2D eigenvalue weighted by atomic mass is 10.1. The molecule has 0 radical (unpaired) electrons. The fraction of sp³-hybridized carbons (Fsp3) is 0.400. The van der Waals surface area contributed by atoms with Crippen molar-refractivity contribution in [3.05, 3.63) is 29.8 Å². The third-order valence-electron chi connectivity index (χ3n) is 2.97. The fourth-order valence-corrected chi connectivity index (χ4v) is 1.69. The van der Waals surface area contributed by atoms with Crippen molar-refractivity contribution >= 4 is 17.8 Å². The zero-order valence-corrected chi connectivity index (χ0v) is 12.9. The smallest absolute Gasteiger partial charge is 0.310 e. The molecule has 22 heavy (non-hydrogen) atoms. The van der Waals surface area contributed by atoms with Crippen LogP contribution in [0.4, 0.5) is 0 Å². The van der Waals surface area contributed by atoms with Crippen molar-refractivity contribution in [2.24, 2.45) is 0 Å². The Balaban J connectivity index is 2.46. The molecule has 0 aliphatic heterocycles. The molecule has 0 spiro atoms. The van der Waals surface area contributed by atoms with Crippen molar-refractivity contribution in [2.75, 3.05) is 34.4 Å². The van der Waals surface area contributed by atoms with Crippen molar-refractivity contribution in [1.29, 1.82) is 0 Å². The summed E-state index contributed by atoms with van der Waals surface area (Å²) < 4.78 is 10.1. The number of rotatable bonds is 7. The standard InChI is InChI=1S/C15H20N2O5/c1-16-13(18)9-17(2)14(19)10-22-15(20)8-11-6-4-5-7-12(11)21-3/h4-7H,8-10H2,1-3H3,(H,16,18). The fourth-order valence-electron chi connectivity index (χ4n) is 1.69. The summed E-state index contributed by atoms with van der Waals surface area (Å²) in [5.41, 5.74) is 0.682. The van der Waals surface area contributed by atoms with Crippen molar-refractivity contribution in [1.82, 2.24) is 10.2 Å². The Bertz CT molecular complexity index is 544. The molecule has 0 unspecified atom stereocenters. The van der Waals surface area contributed by atoms with Gasteiger partial charge in [0.15, 0.2) is 6.61 Å². The van der Waals surface area contributed by atoms with Crippen LogP contribution in [0.3, 0.4) is 0 Å². The number of nitrogens with one attached hydrogen (secondary N) is 1. The van der Waals surface area contributed by atoms with Gasteiger partial charge in [-0.3, -0.25) is 14.4 Å². The second kappa shape index (κ2) is 8.66. The van der Waals surface area contributed by atoms with Crippen molar-refractivity contribution in [3.63, 3.8) is 0 Å². The number of methoxy groups -OCH3 is 1. The largest absolute Gasteiger partial charge is 0.496 e. The van der Waals surface area contributed by atoms with E-state index >= 15 is 0 Å². The lowest BCUT2D eigenvalue weighted by Crippen LogP contribution is -2.39. The van der Waals surface area contributed by atoms with E-state index in [0.717, 1.165) is 0 Å². The van der Waals surface area contributed by atoms with Gasteiger partial charge in [-0.25, -0.2) is 0 Å². The van der Waals surface area contributed by atoms with Crippen LogP contribution in [-0.4, -0.2) is 57.0 Å². The summed E-state index contributed by atoms with van der Waals surface area (Å²) >= 11 is 0. The molecule has 0 atom stereocenters. The minimum Gasteiger partial charge on any atom is -0.496 e. The van der Waals surface area contributed by atoms with Gasteiger partial charge in [0.05, 0.1) is 20.1 Å². The number of carbonyl (C=O) groups excluding carboxylic acids is 3. The number of benzene rings is 1. The molecule has 0 aromatic heterocycles. The van der Waals surface area contributed by atoms with Crippen LogP contribution in [0.2, 0.25) is 0 Å². The summed E-state index contributed by atoms with van der Waals surface area (Å²) in [6.07, 6.45) is 0.0104. The molecule has 0 saturated heterocycles. The second-order valence-electron chi connectivity index (χ2n) is 4.57. The predicted molar refractivity (Wildman–Crippen MR) is 79.4 cm³/mol. The summed E-state index contributed by atoms with van der Waals surface area (Å²) in [7, 11) is 4.46. The Morgan fingerprint density at radius 1 is 1.23 bits per heavy atom. The van der Waals surface area contributed by atoms with Gasteiger partial charge in [-0.15, -0.1) is 0 Å².